The van der Waals surface area contributed by atoms with Crippen molar-refractivity contribution in [2.75, 3.05) is 24.7 Å². The van der Waals surface area contributed by atoms with E-state index in [0.717, 1.165) is 5.75 Å². The summed E-state index contributed by atoms with van der Waals surface area (Å²) in [6.45, 7) is 5.76. The monoisotopic (exact) mass is 378 g/mol. The Balaban J connectivity index is 2.60. The van der Waals surface area contributed by atoms with Crippen molar-refractivity contribution in [1.82, 2.24) is 0 Å². The first-order valence-electron chi connectivity index (χ1n) is 8.17. The summed E-state index contributed by atoms with van der Waals surface area (Å²) in [5.74, 6) is 0.798. The molecular weight excluding hydrogens is 352 g/mol. The van der Waals surface area contributed by atoms with Gasteiger partial charge in [0, 0.05) is 31.3 Å². The van der Waals surface area contributed by atoms with E-state index in [1.807, 2.05) is 0 Å². The topological polar surface area (TPSA) is 78.9 Å². The highest BCUT2D eigenvalue weighted by Gasteiger charge is 2.41. The van der Waals surface area contributed by atoms with Crippen LogP contribution in [0.5, 0.6) is 0 Å². The Morgan fingerprint density at radius 1 is 1.12 bits per heavy atom. The minimum Gasteiger partial charge on any atom is -0.466 e. The highest BCUT2D eigenvalue weighted by atomic mass is 32.2. The predicted molar refractivity (Wildman–Crippen MR) is 94.9 cm³/mol. The third-order valence-corrected chi connectivity index (χ3v) is 5.93. The van der Waals surface area contributed by atoms with Gasteiger partial charge in [0.05, 0.1) is 19.3 Å². The van der Waals surface area contributed by atoms with Crippen LogP contribution in [-0.4, -0.2) is 52.8 Å². The summed E-state index contributed by atoms with van der Waals surface area (Å²) >= 11 is 2.84. The van der Waals surface area contributed by atoms with Gasteiger partial charge in [0.15, 0.2) is 5.12 Å². The number of ether oxygens (including phenoxy) is 3. The number of hydrogen-bond donors (Lipinski definition) is 0. The van der Waals surface area contributed by atoms with Gasteiger partial charge in [-0.15, -0.1) is 11.8 Å². The molecule has 6 nitrogen and oxygen atoms in total. The molecule has 1 atom stereocenters. The van der Waals surface area contributed by atoms with E-state index in [-0.39, 0.29) is 36.0 Å². The van der Waals surface area contributed by atoms with Crippen molar-refractivity contribution in [3.8, 4) is 0 Å². The van der Waals surface area contributed by atoms with Crippen LogP contribution in [0.15, 0.2) is 0 Å². The van der Waals surface area contributed by atoms with Crippen molar-refractivity contribution in [2.24, 2.45) is 0 Å². The van der Waals surface area contributed by atoms with Crippen LogP contribution in [0.25, 0.3) is 0 Å². The molecule has 0 aromatic carbocycles. The van der Waals surface area contributed by atoms with E-state index in [9.17, 15) is 14.4 Å². The summed E-state index contributed by atoms with van der Waals surface area (Å²) in [5.41, 5.74) is 0. The molecule has 0 radical (unpaired) electrons. The lowest BCUT2D eigenvalue weighted by molar-refractivity contribution is -0.145. The summed E-state index contributed by atoms with van der Waals surface area (Å²) in [6, 6.07) is 0. The van der Waals surface area contributed by atoms with Gasteiger partial charge >= 0.3 is 11.9 Å². The Morgan fingerprint density at radius 2 is 1.67 bits per heavy atom. The Bertz CT molecular complexity index is 418. The standard InChI is InChI=1S/C16H26O6S2/c1-4-20-14(18)6-8-16(9-7-15(19)21-5-2)22-13(11-24-16)10-23-12(3)17/h13H,4-11H2,1-3H3. The van der Waals surface area contributed by atoms with Gasteiger partial charge in [-0.1, -0.05) is 11.8 Å². The molecule has 0 bridgehead atoms. The zero-order chi connectivity index (χ0) is 18.0. The quantitative estimate of drug-likeness (QED) is 0.537. The molecular formula is C16H26O6S2. The Morgan fingerprint density at radius 3 is 2.12 bits per heavy atom. The molecule has 8 heteroatoms. The van der Waals surface area contributed by atoms with E-state index >= 15 is 0 Å². The van der Waals surface area contributed by atoms with E-state index in [1.54, 1.807) is 25.6 Å². The van der Waals surface area contributed by atoms with Crippen LogP contribution in [0, 0.1) is 0 Å². The molecule has 0 amide bonds. The minimum absolute atomic E-state index is 0.0548. The molecule has 0 aromatic rings. The lowest BCUT2D eigenvalue weighted by Crippen LogP contribution is -2.30. The second-order valence-corrected chi connectivity index (χ2v) is 7.94. The van der Waals surface area contributed by atoms with Gasteiger partial charge in [0.25, 0.3) is 0 Å². The van der Waals surface area contributed by atoms with Crippen LogP contribution < -0.4 is 0 Å². The maximum absolute atomic E-state index is 11.7. The van der Waals surface area contributed by atoms with Gasteiger partial charge in [-0.2, -0.15) is 0 Å². The molecule has 1 fully saturated rings. The molecule has 1 aliphatic rings. The second kappa shape index (κ2) is 11.0. The smallest absolute Gasteiger partial charge is 0.305 e. The first kappa shape index (κ1) is 21.3. The van der Waals surface area contributed by atoms with Crippen molar-refractivity contribution in [3.63, 3.8) is 0 Å². The summed E-state index contributed by atoms with van der Waals surface area (Å²) in [7, 11) is 0. The van der Waals surface area contributed by atoms with Crippen LogP contribution in [-0.2, 0) is 28.6 Å². The van der Waals surface area contributed by atoms with Crippen LogP contribution in [0.4, 0.5) is 0 Å². The average Bonchev–Trinajstić information content (AvgIpc) is 2.94. The number of thioether (sulfide) groups is 2. The molecule has 1 heterocycles. The van der Waals surface area contributed by atoms with Crippen molar-refractivity contribution >= 4 is 40.6 Å². The van der Waals surface area contributed by atoms with Gasteiger partial charge < -0.3 is 14.2 Å². The Hall–Kier alpha value is -0.730. The molecule has 1 aliphatic heterocycles. The molecule has 1 saturated heterocycles. The van der Waals surface area contributed by atoms with E-state index in [2.05, 4.69) is 0 Å². The fourth-order valence-corrected chi connectivity index (χ4v) is 4.48. The molecule has 138 valence electrons. The largest absolute Gasteiger partial charge is 0.466 e. The van der Waals surface area contributed by atoms with Crippen LogP contribution >= 0.6 is 23.5 Å². The van der Waals surface area contributed by atoms with E-state index < -0.39 is 4.93 Å². The van der Waals surface area contributed by atoms with Crippen molar-refractivity contribution in [2.45, 2.75) is 57.5 Å². The summed E-state index contributed by atoms with van der Waals surface area (Å²) in [6.07, 6.45) is 1.40. The van der Waals surface area contributed by atoms with Gasteiger partial charge in [0.2, 0.25) is 0 Å². The van der Waals surface area contributed by atoms with Gasteiger partial charge in [-0.3, -0.25) is 14.4 Å². The average molecular weight is 379 g/mol. The predicted octanol–water partition coefficient (Wildman–Crippen LogP) is 2.78. The molecule has 1 rings (SSSR count). The lowest BCUT2D eigenvalue weighted by Gasteiger charge is -2.28. The van der Waals surface area contributed by atoms with E-state index in [4.69, 9.17) is 14.2 Å². The Labute approximate surface area is 151 Å². The molecule has 24 heavy (non-hydrogen) atoms. The second-order valence-electron chi connectivity index (χ2n) is 5.37. The highest BCUT2D eigenvalue weighted by molar-refractivity contribution is 8.13. The fraction of sp³-hybridized carbons (Fsp3) is 0.812. The number of rotatable bonds is 10. The zero-order valence-electron chi connectivity index (χ0n) is 14.5. The number of hydrogen-bond acceptors (Lipinski definition) is 8. The summed E-state index contributed by atoms with van der Waals surface area (Å²) in [5, 5.41) is 0.0548. The van der Waals surface area contributed by atoms with Crippen LogP contribution in [0.3, 0.4) is 0 Å². The zero-order valence-corrected chi connectivity index (χ0v) is 16.1. The minimum atomic E-state index is -0.596. The van der Waals surface area contributed by atoms with Crippen LogP contribution in [0.1, 0.15) is 46.5 Å². The third-order valence-electron chi connectivity index (χ3n) is 3.42. The lowest BCUT2D eigenvalue weighted by atomic mass is 10.1. The first-order valence-corrected chi connectivity index (χ1v) is 10.1. The molecule has 0 N–H and O–H groups in total. The van der Waals surface area contributed by atoms with Crippen LogP contribution in [0.2, 0.25) is 0 Å². The Kier molecular flexibility index (Phi) is 9.76. The van der Waals surface area contributed by atoms with Gasteiger partial charge in [-0.25, -0.2) is 0 Å². The van der Waals surface area contributed by atoms with E-state index in [0.29, 0.717) is 31.8 Å². The van der Waals surface area contributed by atoms with Crippen molar-refractivity contribution in [1.29, 1.82) is 0 Å². The number of esters is 2. The van der Waals surface area contributed by atoms with Gasteiger partial charge in [0.1, 0.15) is 4.93 Å². The number of carbonyl (C=O) groups is 3. The first-order chi connectivity index (χ1) is 11.4. The van der Waals surface area contributed by atoms with Gasteiger partial charge in [-0.05, 0) is 26.7 Å². The SMILES string of the molecule is CCOC(=O)CCC1(CCC(=O)OCC)OC(CSC(C)=O)CS1. The number of carbonyl (C=O) groups excluding carboxylic acids is 3. The molecule has 0 aromatic heterocycles. The normalized spacial score (nSPS) is 19.0. The molecule has 1 unspecified atom stereocenters. The van der Waals surface area contributed by atoms with E-state index in [1.165, 1.54) is 18.7 Å². The van der Waals surface area contributed by atoms with Crippen molar-refractivity contribution < 1.29 is 28.6 Å². The maximum Gasteiger partial charge on any atom is 0.305 e. The fourth-order valence-electron chi connectivity index (χ4n) is 2.35. The molecule has 0 aliphatic carbocycles. The molecule has 0 saturated carbocycles. The summed E-state index contributed by atoms with van der Waals surface area (Å²) in [4.78, 5) is 33.8. The molecule has 0 spiro atoms. The van der Waals surface area contributed by atoms with Crippen molar-refractivity contribution in [3.05, 3.63) is 0 Å². The summed E-state index contributed by atoms with van der Waals surface area (Å²) < 4.78 is 16.1. The maximum atomic E-state index is 11.7. The third kappa shape index (κ3) is 7.90. The highest BCUT2D eigenvalue weighted by Crippen LogP contribution is 2.44.